The van der Waals surface area contributed by atoms with Crippen LogP contribution in [0.3, 0.4) is 0 Å². The smallest absolute Gasteiger partial charge is 0.262 e. The molecule has 0 atom stereocenters. The number of carbonyl (C=O) groups is 1. The molecule has 3 aliphatic heterocycles. The van der Waals surface area contributed by atoms with E-state index in [1.807, 2.05) is 12.1 Å². The summed E-state index contributed by atoms with van der Waals surface area (Å²) < 4.78 is 7.81. The van der Waals surface area contributed by atoms with Crippen molar-refractivity contribution >= 4 is 11.6 Å². The molecular weight excluding hydrogens is 342 g/mol. The van der Waals surface area contributed by atoms with Crippen molar-refractivity contribution in [3.05, 3.63) is 35.4 Å². The van der Waals surface area contributed by atoms with Gasteiger partial charge in [0.2, 0.25) is 0 Å². The second kappa shape index (κ2) is 6.96. The average molecular weight is 367 g/mol. The lowest BCUT2D eigenvalue weighted by Gasteiger charge is -2.32. The predicted octanol–water partition coefficient (Wildman–Crippen LogP) is 2.32. The van der Waals surface area contributed by atoms with Crippen molar-refractivity contribution in [2.24, 2.45) is 0 Å². The molecule has 3 aliphatic rings. The highest BCUT2D eigenvalue weighted by atomic mass is 16.5. The van der Waals surface area contributed by atoms with Gasteiger partial charge in [0.15, 0.2) is 6.61 Å². The predicted molar refractivity (Wildman–Crippen MR) is 101 cm³/mol. The minimum atomic E-state index is -0.0860. The Morgan fingerprint density at radius 2 is 2.04 bits per heavy atom. The quantitative estimate of drug-likeness (QED) is 0.901. The zero-order chi connectivity index (χ0) is 18.2. The Morgan fingerprint density at radius 1 is 1.15 bits per heavy atom. The van der Waals surface area contributed by atoms with Crippen molar-refractivity contribution < 1.29 is 9.53 Å². The number of aryl methyl sites for hydroxylation is 1. The van der Waals surface area contributed by atoms with Crippen molar-refractivity contribution in [1.82, 2.24) is 19.7 Å². The molecule has 4 heterocycles. The Morgan fingerprint density at radius 3 is 2.93 bits per heavy atom. The lowest BCUT2D eigenvalue weighted by Crippen LogP contribution is -2.33. The summed E-state index contributed by atoms with van der Waals surface area (Å²) in [6, 6.07) is 6.09. The molecule has 0 aliphatic carbocycles. The van der Waals surface area contributed by atoms with Gasteiger partial charge in [0.1, 0.15) is 17.4 Å². The number of benzene rings is 1. The van der Waals surface area contributed by atoms with Crippen LogP contribution >= 0.6 is 0 Å². The van der Waals surface area contributed by atoms with E-state index in [-0.39, 0.29) is 12.5 Å². The number of hydrogen-bond acceptors (Lipinski definition) is 5. The summed E-state index contributed by atoms with van der Waals surface area (Å²) in [7, 11) is 0. The van der Waals surface area contributed by atoms with Gasteiger partial charge in [-0.05, 0) is 56.5 Å². The van der Waals surface area contributed by atoms with Crippen LogP contribution in [-0.4, -0.2) is 45.3 Å². The van der Waals surface area contributed by atoms with Crippen LogP contribution in [0.5, 0.6) is 5.75 Å². The van der Waals surface area contributed by atoms with E-state index in [0.29, 0.717) is 5.92 Å². The number of hydrogen-bond donors (Lipinski definition) is 1. The molecule has 0 bridgehead atoms. The number of ether oxygens (including phenoxy) is 1. The lowest BCUT2D eigenvalue weighted by molar-refractivity contribution is -0.118. The van der Waals surface area contributed by atoms with E-state index >= 15 is 0 Å². The van der Waals surface area contributed by atoms with Crippen molar-refractivity contribution in [2.45, 2.75) is 51.1 Å². The van der Waals surface area contributed by atoms with E-state index in [0.717, 1.165) is 56.9 Å². The van der Waals surface area contributed by atoms with Crippen LogP contribution in [0.15, 0.2) is 18.2 Å². The molecule has 1 fully saturated rings. The van der Waals surface area contributed by atoms with E-state index in [1.165, 1.54) is 30.1 Å². The molecule has 7 nitrogen and oxygen atoms in total. The highest BCUT2D eigenvalue weighted by Crippen LogP contribution is 2.32. The van der Waals surface area contributed by atoms with Gasteiger partial charge in [-0.2, -0.15) is 0 Å². The Bertz CT molecular complexity index is 854. The molecule has 0 saturated carbocycles. The summed E-state index contributed by atoms with van der Waals surface area (Å²) in [5, 5.41) is 11.8. The number of carbonyl (C=O) groups excluding carboxylic acids is 1. The van der Waals surface area contributed by atoms with Gasteiger partial charge in [0.05, 0.1) is 5.69 Å². The van der Waals surface area contributed by atoms with Crippen LogP contribution in [0.2, 0.25) is 0 Å². The van der Waals surface area contributed by atoms with E-state index in [1.54, 1.807) is 0 Å². The average Bonchev–Trinajstić information content (AvgIpc) is 3.12. The summed E-state index contributed by atoms with van der Waals surface area (Å²) in [6.07, 6.45) is 5.81. The first-order valence-electron chi connectivity index (χ1n) is 9.96. The van der Waals surface area contributed by atoms with E-state index in [9.17, 15) is 4.79 Å². The zero-order valence-corrected chi connectivity index (χ0v) is 15.5. The summed E-state index contributed by atoms with van der Waals surface area (Å²) in [5.74, 6) is 3.58. The molecule has 2 aromatic rings. The maximum Gasteiger partial charge on any atom is 0.262 e. The van der Waals surface area contributed by atoms with E-state index in [4.69, 9.17) is 4.74 Å². The molecule has 0 radical (unpaired) electrons. The normalized spacial score (nSPS) is 20.5. The summed E-state index contributed by atoms with van der Waals surface area (Å²) in [6.45, 7) is 4.21. The topological polar surface area (TPSA) is 72.3 Å². The molecule has 0 spiro atoms. The fourth-order valence-electron chi connectivity index (χ4n) is 4.47. The van der Waals surface area contributed by atoms with Crippen LogP contribution in [-0.2, 0) is 24.3 Å². The molecule has 5 rings (SSSR count). The maximum absolute atomic E-state index is 11.5. The number of nitrogens with zero attached hydrogens (tertiary/aromatic N) is 4. The molecular formula is C20H25N5O2. The number of nitrogens with one attached hydrogen (secondary N) is 1. The van der Waals surface area contributed by atoms with Crippen LogP contribution in [0.1, 0.15) is 48.8 Å². The van der Waals surface area contributed by atoms with Crippen LogP contribution < -0.4 is 10.1 Å². The number of fused-ring (bicyclic) bond motifs is 2. The molecule has 142 valence electrons. The van der Waals surface area contributed by atoms with Crippen molar-refractivity contribution in [2.75, 3.05) is 25.0 Å². The van der Waals surface area contributed by atoms with Crippen molar-refractivity contribution in [3.8, 4) is 5.75 Å². The van der Waals surface area contributed by atoms with Gasteiger partial charge < -0.3 is 14.6 Å². The third kappa shape index (κ3) is 3.32. The van der Waals surface area contributed by atoms with E-state index in [2.05, 4.69) is 31.0 Å². The Labute approximate surface area is 158 Å². The number of aromatic nitrogens is 3. The monoisotopic (exact) mass is 367 g/mol. The van der Waals surface area contributed by atoms with Crippen LogP contribution in [0, 0.1) is 0 Å². The molecule has 1 amide bonds. The standard InChI is InChI=1S/C20H25N5O2/c26-19-13-27-17-5-4-14(11-16(17)21-19)12-24-9-6-15(7-10-24)20-23-22-18-3-1-2-8-25(18)20/h4-5,11,15H,1-3,6-10,12-13H2,(H,21,26). The van der Waals surface area contributed by atoms with Gasteiger partial charge >= 0.3 is 0 Å². The zero-order valence-electron chi connectivity index (χ0n) is 15.5. The van der Waals surface area contributed by atoms with Crippen molar-refractivity contribution in [3.63, 3.8) is 0 Å². The summed E-state index contributed by atoms with van der Waals surface area (Å²) >= 11 is 0. The molecule has 1 saturated heterocycles. The van der Waals surface area contributed by atoms with Crippen LogP contribution in [0.4, 0.5) is 5.69 Å². The Kier molecular flexibility index (Phi) is 4.32. The van der Waals surface area contributed by atoms with Crippen molar-refractivity contribution in [1.29, 1.82) is 0 Å². The van der Waals surface area contributed by atoms with Gasteiger partial charge in [0.25, 0.3) is 5.91 Å². The molecule has 0 unspecified atom stereocenters. The molecule has 1 aromatic carbocycles. The summed E-state index contributed by atoms with van der Waals surface area (Å²) in [4.78, 5) is 14.0. The first-order valence-corrected chi connectivity index (χ1v) is 9.96. The number of anilines is 1. The third-order valence-corrected chi connectivity index (χ3v) is 5.92. The van der Waals surface area contributed by atoms with Gasteiger partial charge in [-0.25, -0.2) is 0 Å². The highest BCUT2D eigenvalue weighted by Gasteiger charge is 2.27. The number of amides is 1. The second-order valence-electron chi connectivity index (χ2n) is 7.80. The minimum Gasteiger partial charge on any atom is -0.482 e. The van der Waals surface area contributed by atoms with Gasteiger partial charge in [-0.1, -0.05) is 6.07 Å². The minimum absolute atomic E-state index is 0.0860. The van der Waals surface area contributed by atoms with Gasteiger partial charge in [-0.15, -0.1) is 10.2 Å². The Hall–Kier alpha value is -2.41. The SMILES string of the molecule is O=C1COc2ccc(CN3CCC(c4nnc5n4CCCC5)CC3)cc2N1. The van der Waals surface area contributed by atoms with Gasteiger partial charge in [0, 0.05) is 25.4 Å². The first-order chi connectivity index (χ1) is 13.3. The van der Waals surface area contributed by atoms with Gasteiger partial charge in [-0.3, -0.25) is 9.69 Å². The molecule has 27 heavy (non-hydrogen) atoms. The van der Waals surface area contributed by atoms with E-state index < -0.39 is 0 Å². The fourth-order valence-corrected chi connectivity index (χ4v) is 4.47. The number of likely N-dealkylation sites (tertiary alicyclic amines) is 1. The third-order valence-electron chi connectivity index (χ3n) is 5.92. The highest BCUT2D eigenvalue weighted by molar-refractivity contribution is 5.95. The molecule has 7 heteroatoms. The number of piperidine rings is 1. The largest absolute Gasteiger partial charge is 0.482 e. The maximum atomic E-state index is 11.5. The Balaban J connectivity index is 1.22. The summed E-state index contributed by atoms with van der Waals surface area (Å²) in [5.41, 5.74) is 1.99. The first kappa shape index (κ1) is 16.7. The lowest BCUT2D eigenvalue weighted by atomic mass is 9.95. The number of rotatable bonds is 3. The fraction of sp³-hybridized carbons (Fsp3) is 0.550. The molecule has 1 N–H and O–H groups in total. The second-order valence-corrected chi connectivity index (χ2v) is 7.80. The van der Waals surface area contributed by atoms with Crippen LogP contribution in [0.25, 0.3) is 0 Å². The molecule has 1 aromatic heterocycles.